The minimum atomic E-state index is -1.05. The van der Waals surface area contributed by atoms with Gasteiger partial charge in [0.15, 0.2) is 6.10 Å². The van der Waals surface area contributed by atoms with Crippen molar-refractivity contribution < 1.29 is 23.8 Å². The number of carbonyl (C=O) groups is 2. The van der Waals surface area contributed by atoms with Gasteiger partial charge in [-0.1, -0.05) is 42.5 Å². The number of amides is 1. The molecule has 136 valence electrons. The summed E-state index contributed by atoms with van der Waals surface area (Å²) in [4.78, 5) is 25.6. The highest BCUT2D eigenvalue weighted by atomic mass is 19.1. The van der Waals surface area contributed by atoms with Crippen LogP contribution < -0.4 is 0 Å². The molecular weight excluding hydrogens is 337 g/mol. The van der Waals surface area contributed by atoms with Crippen molar-refractivity contribution in [2.75, 3.05) is 0 Å². The monoisotopic (exact) mass is 357 g/mol. The van der Waals surface area contributed by atoms with E-state index in [2.05, 4.69) is 0 Å². The highest BCUT2D eigenvalue weighted by molar-refractivity contribution is 5.82. The van der Waals surface area contributed by atoms with Crippen LogP contribution >= 0.6 is 0 Å². The summed E-state index contributed by atoms with van der Waals surface area (Å²) in [6.07, 6.45) is -1.000. The molecule has 1 amide bonds. The summed E-state index contributed by atoms with van der Waals surface area (Å²) < 4.78 is 18.5. The van der Waals surface area contributed by atoms with Gasteiger partial charge in [0.2, 0.25) is 0 Å². The van der Waals surface area contributed by atoms with Crippen molar-refractivity contribution >= 4 is 11.9 Å². The van der Waals surface area contributed by atoms with E-state index in [-0.39, 0.29) is 11.7 Å². The Bertz CT molecular complexity index is 763. The zero-order chi connectivity index (χ0) is 18.5. The van der Waals surface area contributed by atoms with Gasteiger partial charge < -0.3 is 14.7 Å². The summed E-state index contributed by atoms with van der Waals surface area (Å²) >= 11 is 0. The van der Waals surface area contributed by atoms with Gasteiger partial charge in [0.05, 0.1) is 0 Å². The van der Waals surface area contributed by atoms with Crippen molar-refractivity contribution in [3.63, 3.8) is 0 Å². The molecule has 6 heteroatoms. The lowest BCUT2D eigenvalue weighted by Crippen LogP contribution is -2.39. The second-order valence-corrected chi connectivity index (χ2v) is 6.34. The van der Waals surface area contributed by atoms with Gasteiger partial charge in [-0.05, 0) is 36.1 Å². The number of carbonyl (C=O) groups excluding carboxylic acids is 1. The highest BCUT2D eigenvalue weighted by Gasteiger charge is 2.36. The maximum Gasteiger partial charge on any atom is 0.332 e. The molecule has 1 fully saturated rings. The second-order valence-electron chi connectivity index (χ2n) is 6.34. The topological polar surface area (TPSA) is 66.8 Å². The Balaban J connectivity index is 1.76. The molecule has 0 saturated carbocycles. The first-order chi connectivity index (χ1) is 12.5. The lowest BCUT2D eigenvalue weighted by Gasteiger charge is -2.26. The second kappa shape index (κ2) is 8.10. The summed E-state index contributed by atoms with van der Waals surface area (Å²) in [5.41, 5.74) is 1.75. The van der Waals surface area contributed by atoms with Crippen molar-refractivity contribution in [3.8, 4) is 0 Å². The molecule has 2 aromatic carbocycles. The minimum Gasteiger partial charge on any atom is -0.479 e. The molecule has 1 aliphatic rings. The van der Waals surface area contributed by atoms with Crippen molar-refractivity contribution in [3.05, 3.63) is 71.5 Å². The largest absolute Gasteiger partial charge is 0.479 e. The summed E-state index contributed by atoms with van der Waals surface area (Å²) in [6.45, 7) is 0.667. The Morgan fingerprint density at radius 3 is 2.12 bits per heavy atom. The van der Waals surface area contributed by atoms with Gasteiger partial charge in [-0.15, -0.1) is 0 Å². The van der Waals surface area contributed by atoms with E-state index in [4.69, 9.17) is 9.84 Å². The smallest absolute Gasteiger partial charge is 0.332 e. The summed E-state index contributed by atoms with van der Waals surface area (Å²) in [7, 11) is 0. The van der Waals surface area contributed by atoms with Crippen molar-refractivity contribution in [1.82, 2.24) is 4.90 Å². The first-order valence-corrected chi connectivity index (χ1v) is 8.48. The van der Waals surface area contributed by atoms with Crippen LogP contribution in [0.3, 0.4) is 0 Å². The van der Waals surface area contributed by atoms with Gasteiger partial charge >= 0.3 is 5.97 Å². The summed E-state index contributed by atoms with van der Waals surface area (Å²) in [5.74, 6) is -1.63. The number of halogens is 1. The quantitative estimate of drug-likeness (QED) is 0.863. The van der Waals surface area contributed by atoms with E-state index < -0.39 is 18.2 Å². The van der Waals surface area contributed by atoms with Crippen LogP contribution in [0.4, 0.5) is 4.39 Å². The van der Waals surface area contributed by atoms with Crippen LogP contribution in [-0.2, 0) is 27.4 Å². The summed E-state index contributed by atoms with van der Waals surface area (Å²) in [5, 5.41) is 9.06. The van der Waals surface area contributed by atoms with Crippen LogP contribution in [0.15, 0.2) is 54.6 Å². The third-order valence-corrected chi connectivity index (χ3v) is 4.39. The molecule has 2 aromatic rings. The molecule has 0 unspecified atom stereocenters. The minimum absolute atomic E-state index is 0.248. The van der Waals surface area contributed by atoms with Crippen LogP contribution in [0, 0.1) is 5.82 Å². The predicted molar refractivity (Wildman–Crippen MR) is 92.6 cm³/mol. The highest BCUT2D eigenvalue weighted by Crippen LogP contribution is 2.23. The Labute approximate surface area is 151 Å². The molecule has 0 spiro atoms. The molecule has 0 radical (unpaired) electrons. The van der Waals surface area contributed by atoms with Crippen LogP contribution in [0.1, 0.15) is 24.0 Å². The van der Waals surface area contributed by atoms with Gasteiger partial charge in [-0.2, -0.15) is 0 Å². The fourth-order valence-electron chi connectivity index (χ4n) is 3.03. The lowest BCUT2D eigenvalue weighted by atomic mass is 10.1. The third-order valence-electron chi connectivity index (χ3n) is 4.39. The molecule has 1 aliphatic heterocycles. The number of carboxylic acids is 1. The van der Waals surface area contributed by atoms with E-state index in [1.54, 1.807) is 17.0 Å². The number of aliphatic carboxylic acids is 1. The summed E-state index contributed by atoms with van der Waals surface area (Å²) in [6, 6.07) is 15.5. The van der Waals surface area contributed by atoms with Gasteiger partial charge in [0.1, 0.15) is 11.9 Å². The van der Waals surface area contributed by atoms with Crippen molar-refractivity contribution in [2.45, 2.75) is 38.1 Å². The fourth-order valence-corrected chi connectivity index (χ4v) is 3.03. The van der Waals surface area contributed by atoms with E-state index in [1.165, 1.54) is 12.1 Å². The average Bonchev–Trinajstić information content (AvgIpc) is 3.14. The molecule has 1 heterocycles. The zero-order valence-electron chi connectivity index (χ0n) is 14.2. The molecule has 0 bridgehead atoms. The first kappa shape index (κ1) is 18.1. The first-order valence-electron chi connectivity index (χ1n) is 8.48. The van der Waals surface area contributed by atoms with E-state index in [0.717, 1.165) is 11.1 Å². The van der Waals surface area contributed by atoms with E-state index in [9.17, 15) is 14.0 Å². The predicted octanol–water partition coefficient (Wildman–Crippen LogP) is 2.99. The Morgan fingerprint density at radius 1 is 0.962 bits per heavy atom. The molecule has 5 nitrogen and oxygen atoms in total. The van der Waals surface area contributed by atoms with Gasteiger partial charge in [-0.25, -0.2) is 9.18 Å². The number of carboxylic acid groups (broad SMARTS) is 1. The van der Waals surface area contributed by atoms with E-state index >= 15 is 0 Å². The standard InChI is InChI=1S/C20H20FNO4/c21-16-8-6-15(7-9-16)13-22(12-14-4-2-1-3-5-14)19(23)17-10-11-18(26-17)20(24)25/h1-9,17-18H,10-13H2,(H,24,25)/t17-,18+/m0/s1. The fraction of sp³-hybridized carbons (Fsp3) is 0.300. The number of benzene rings is 2. The molecule has 2 atom stereocenters. The van der Waals surface area contributed by atoms with Gasteiger partial charge in [-0.3, -0.25) is 4.79 Å². The number of rotatable bonds is 6. The molecule has 0 aromatic heterocycles. The lowest BCUT2D eigenvalue weighted by molar-refractivity contribution is -0.155. The number of nitrogens with zero attached hydrogens (tertiary/aromatic N) is 1. The third kappa shape index (κ3) is 4.46. The maximum absolute atomic E-state index is 13.1. The van der Waals surface area contributed by atoms with Gasteiger partial charge in [0, 0.05) is 13.1 Å². The van der Waals surface area contributed by atoms with Crippen LogP contribution in [-0.4, -0.2) is 34.1 Å². The molecule has 1 N–H and O–H groups in total. The number of hydrogen-bond donors (Lipinski definition) is 1. The average molecular weight is 357 g/mol. The Morgan fingerprint density at radius 2 is 1.54 bits per heavy atom. The SMILES string of the molecule is O=C(O)[C@H]1CC[C@@H](C(=O)N(Cc2ccccc2)Cc2ccc(F)cc2)O1. The van der Waals surface area contributed by atoms with Crippen LogP contribution in [0.2, 0.25) is 0 Å². The zero-order valence-corrected chi connectivity index (χ0v) is 14.2. The molecule has 26 heavy (non-hydrogen) atoms. The van der Waals surface area contributed by atoms with Crippen molar-refractivity contribution in [2.24, 2.45) is 0 Å². The molecule has 1 saturated heterocycles. The maximum atomic E-state index is 13.1. The number of ether oxygens (including phenoxy) is 1. The molecular formula is C20H20FNO4. The molecule has 3 rings (SSSR count). The van der Waals surface area contributed by atoms with Crippen LogP contribution in [0.25, 0.3) is 0 Å². The van der Waals surface area contributed by atoms with E-state index in [0.29, 0.717) is 25.9 Å². The Hall–Kier alpha value is -2.73. The normalized spacial score (nSPS) is 19.3. The Kier molecular flexibility index (Phi) is 5.63. The van der Waals surface area contributed by atoms with E-state index in [1.807, 2.05) is 30.3 Å². The molecule has 0 aliphatic carbocycles. The van der Waals surface area contributed by atoms with Gasteiger partial charge in [0.25, 0.3) is 5.91 Å². The van der Waals surface area contributed by atoms with Crippen LogP contribution in [0.5, 0.6) is 0 Å². The number of hydrogen-bond acceptors (Lipinski definition) is 3. The van der Waals surface area contributed by atoms with Crippen molar-refractivity contribution in [1.29, 1.82) is 0 Å².